The summed E-state index contributed by atoms with van der Waals surface area (Å²) in [5.74, 6) is -0.452. The Hall–Kier alpha value is -2.88. The van der Waals surface area contributed by atoms with Gasteiger partial charge in [-0.15, -0.1) is 35.1 Å². The van der Waals surface area contributed by atoms with Crippen molar-refractivity contribution in [3.8, 4) is 10.4 Å². The van der Waals surface area contributed by atoms with E-state index in [0.29, 0.717) is 11.4 Å². The highest BCUT2D eigenvalue weighted by atomic mass is 35.5. The minimum absolute atomic E-state index is 0. The number of carbonyl (C=O) groups is 2. The van der Waals surface area contributed by atoms with Crippen LogP contribution in [0.15, 0.2) is 47.7 Å². The standard InChI is InChI=1S/C17H9N5O2S2.ClH/c23-16-9-3-4-18-6-10(9)17(24)22(16)21-14-13-11(12-2-1-5-25-12)7-26-15(13)20-8-19-14;/h1-8H,(H,19,20,21);1H. The van der Waals surface area contributed by atoms with Crippen molar-refractivity contribution >= 4 is 62.9 Å². The second-order valence-corrected chi connectivity index (χ2v) is 7.31. The van der Waals surface area contributed by atoms with Crippen LogP contribution in [-0.2, 0) is 0 Å². The van der Waals surface area contributed by atoms with Crippen molar-refractivity contribution in [1.82, 2.24) is 20.0 Å². The molecule has 5 rings (SSSR count). The second kappa shape index (κ2) is 6.69. The largest absolute Gasteiger partial charge is 0.282 e. The third-order valence-electron chi connectivity index (χ3n) is 4.06. The lowest BCUT2D eigenvalue weighted by atomic mass is 10.2. The Morgan fingerprint density at radius 1 is 1.00 bits per heavy atom. The third-order valence-corrected chi connectivity index (χ3v) is 5.85. The quantitative estimate of drug-likeness (QED) is 0.511. The van der Waals surface area contributed by atoms with Gasteiger partial charge in [0.25, 0.3) is 11.8 Å². The first-order chi connectivity index (χ1) is 12.7. The molecular formula is C17H10ClN5O2S2. The van der Waals surface area contributed by atoms with Gasteiger partial charge in [0.15, 0.2) is 5.82 Å². The lowest BCUT2D eigenvalue weighted by Crippen LogP contribution is -2.35. The summed E-state index contributed by atoms with van der Waals surface area (Å²) in [6, 6.07) is 5.52. The van der Waals surface area contributed by atoms with Crippen molar-refractivity contribution in [2.24, 2.45) is 0 Å². The predicted molar refractivity (Wildman–Crippen MR) is 106 cm³/mol. The van der Waals surface area contributed by atoms with Crippen LogP contribution in [0.3, 0.4) is 0 Å². The van der Waals surface area contributed by atoms with E-state index >= 15 is 0 Å². The van der Waals surface area contributed by atoms with Crippen LogP contribution in [0.4, 0.5) is 5.82 Å². The zero-order valence-corrected chi connectivity index (χ0v) is 15.9. The Morgan fingerprint density at radius 3 is 2.63 bits per heavy atom. The number of nitrogens with one attached hydrogen (secondary N) is 1. The van der Waals surface area contributed by atoms with Crippen molar-refractivity contribution < 1.29 is 9.59 Å². The van der Waals surface area contributed by atoms with E-state index in [1.54, 1.807) is 11.3 Å². The molecule has 0 radical (unpaired) electrons. The molecule has 10 heteroatoms. The number of nitrogens with zero attached hydrogens (tertiary/aromatic N) is 4. The average molecular weight is 416 g/mol. The third kappa shape index (κ3) is 2.67. The molecule has 7 nitrogen and oxygen atoms in total. The Labute approximate surface area is 167 Å². The van der Waals surface area contributed by atoms with Crippen molar-refractivity contribution in [3.63, 3.8) is 0 Å². The first-order valence-electron chi connectivity index (χ1n) is 7.59. The van der Waals surface area contributed by atoms with Gasteiger partial charge in [-0.1, -0.05) is 6.07 Å². The number of imide groups is 1. The molecule has 134 valence electrons. The number of thiophene rings is 2. The smallest absolute Gasteiger partial charge is 0.271 e. The van der Waals surface area contributed by atoms with Gasteiger partial charge in [0.1, 0.15) is 11.2 Å². The summed E-state index contributed by atoms with van der Waals surface area (Å²) < 4.78 is 0. The van der Waals surface area contributed by atoms with Gasteiger partial charge in [-0.05, 0) is 17.5 Å². The molecule has 27 heavy (non-hydrogen) atoms. The molecule has 0 spiro atoms. The number of pyridine rings is 1. The number of aromatic nitrogens is 3. The molecular weight excluding hydrogens is 406 g/mol. The maximum Gasteiger partial charge on any atom is 0.282 e. The molecule has 5 heterocycles. The number of anilines is 1. The number of amides is 2. The van der Waals surface area contributed by atoms with Crippen LogP contribution >= 0.6 is 35.1 Å². The van der Waals surface area contributed by atoms with Gasteiger partial charge >= 0.3 is 0 Å². The van der Waals surface area contributed by atoms with E-state index in [9.17, 15) is 9.59 Å². The van der Waals surface area contributed by atoms with E-state index in [1.807, 2.05) is 22.9 Å². The number of fused-ring (bicyclic) bond motifs is 2. The van der Waals surface area contributed by atoms with Crippen LogP contribution in [-0.4, -0.2) is 31.8 Å². The summed E-state index contributed by atoms with van der Waals surface area (Å²) in [5, 5.41) is 5.76. The maximum absolute atomic E-state index is 12.6. The highest BCUT2D eigenvalue weighted by Crippen LogP contribution is 2.38. The van der Waals surface area contributed by atoms with Crippen LogP contribution < -0.4 is 5.43 Å². The fourth-order valence-corrected chi connectivity index (χ4v) is 4.60. The normalized spacial score (nSPS) is 13.0. The van der Waals surface area contributed by atoms with Crippen LogP contribution in [0, 0.1) is 0 Å². The Morgan fingerprint density at radius 2 is 1.85 bits per heavy atom. The summed E-state index contributed by atoms with van der Waals surface area (Å²) in [6.45, 7) is 0. The van der Waals surface area contributed by atoms with Crippen LogP contribution in [0.1, 0.15) is 20.7 Å². The topological polar surface area (TPSA) is 88.1 Å². The van der Waals surface area contributed by atoms with E-state index in [2.05, 4.69) is 20.4 Å². The molecule has 0 fully saturated rings. The fraction of sp³-hybridized carbons (Fsp3) is 0. The second-order valence-electron chi connectivity index (χ2n) is 5.51. The van der Waals surface area contributed by atoms with Crippen molar-refractivity contribution in [2.45, 2.75) is 0 Å². The van der Waals surface area contributed by atoms with E-state index < -0.39 is 11.8 Å². The van der Waals surface area contributed by atoms with Crippen LogP contribution in [0.2, 0.25) is 0 Å². The minimum Gasteiger partial charge on any atom is -0.271 e. The minimum atomic E-state index is -0.447. The van der Waals surface area contributed by atoms with Gasteiger partial charge in [-0.25, -0.2) is 9.97 Å². The lowest BCUT2D eigenvalue weighted by molar-refractivity contribution is 0.0691. The number of hydrogen-bond acceptors (Lipinski definition) is 8. The molecule has 4 aromatic rings. The van der Waals surface area contributed by atoms with Crippen LogP contribution in [0.5, 0.6) is 0 Å². The summed E-state index contributed by atoms with van der Waals surface area (Å²) in [6.07, 6.45) is 4.30. The van der Waals surface area contributed by atoms with Gasteiger partial charge in [0.2, 0.25) is 0 Å². The Bertz CT molecular complexity index is 1140. The van der Waals surface area contributed by atoms with E-state index in [0.717, 1.165) is 25.7 Å². The lowest BCUT2D eigenvalue weighted by Gasteiger charge is -2.16. The predicted octanol–water partition coefficient (Wildman–Crippen LogP) is 3.86. The molecule has 0 unspecified atom stereocenters. The van der Waals surface area contributed by atoms with Gasteiger partial charge < -0.3 is 0 Å². The van der Waals surface area contributed by atoms with E-state index in [4.69, 9.17) is 0 Å². The Balaban J connectivity index is 0.00000180. The molecule has 0 aromatic carbocycles. The zero-order valence-electron chi connectivity index (χ0n) is 13.4. The van der Waals surface area contributed by atoms with Gasteiger partial charge in [-0.3, -0.25) is 20.0 Å². The molecule has 1 aliphatic heterocycles. The summed E-state index contributed by atoms with van der Waals surface area (Å²) >= 11 is 3.10. The number of hydrazine groups is 1. The number of hydrogen-bond donors (Lipinski definition) is 1. The molecule has 1 N–H and O–H groups in total. The molecule has 2 amide bonds. The monoisotopic (exact) mass is 415 g/mol. The summed E-state index contributed by atoms with van der Waals surface area (Å²) in [4.78, 5) is 39.5. The van der Waals surface area contributed by atoms with Crippen molar-refractivity contribution in [2.75, 3.05) is 5.43 Å². The van der Waals surface area contributed by atoms with Gasteiger partial charge in [0, 0.05) is 28.2 Å². The molecule has 0 aliphatic carbocycles. The maximum atomic E-state index is 12.6. The summed E-state index contributed by atoms with van der Waals surface area (Å²) in [5.41, 5.74) is 4.46. The first-order valence-corrected chi connectivity index (χ1v) is 9.35. The highest BCUT2D eigenvalue weighted by molar-refractivity contribution is 7.18. The van der Waals surface area contributed by atoms with Gasteiger partial charge in [-0.2, -0.15) is 5.01 Å². The Kier molecular flexibility index (Phi) is 4.34. The van der Waals surface area contributed by atoms with E-state index in [-0.39, 0.29) is 18.0 Å². The molecule has 0 atom stereocenters. The molecule has 0 bridgehead atoms. The number of carbonyl (C=O) groups excluding carboxylic acids is 2. The number of rotatable bonds is 3. The fourth-order valence-electron chi connectivity index (χ4n) is 2.87. The van der Waals surface area contributed by atoms with Crippen molar-refractivity contribution in [1.29, 1.82) is 0 Å². The molecule has 4 aromatic heterocycles. The average Bonchev–Trinajstić information content (AvgIpc) is 3.38. The molecule has 1 aliphatic rings. The molecule has 0 saturated carbocycles. The SMILES string of the molecule is Cl.O=C1c2ccncc2C(=O)N1Nc1ncnc2scc(-c3cccs3)c12. The zero-order chi connectivity index (χ0) is 17.7. The van der Waals surface area contributed by atoms with Crippen molar-refractivity contribution in [3.05, 3.63) is 58.8 Å². The van der Waals surface area contributed by atoms with Gasteiger partial charge in [0.05, 0.1) is 16.5 Å². The van der Waals surface area contributed by atoms with E-state index in [1.165, 1.54) is 36.1 Å². The summed E-state index contributed by atoms with van der Waals surface area (Å²) in [7, 11) is 0. The molecule has 0 saturated heterocycles. The first kappa shape index (κ1) is 17.5. The van der Waals surface area contributed by atoms with Crippen LogP contribution in [0.25, 0.3) is 20.7 Å². The number of halogens is 1. The highest BCUT2D eigenvalue weighted by Gasteiger charge is 2.36.